The first-order valence-corrected chi connectivity index (χ1v) is 13.8. The van der Waals surface area contributed by atoms with Gasteiger partial charge in [0.05, 0.1) is 11.1 Å². The molecule has 39 heavy (non-hydrogen) atoms. The van der Waals surface area contributed by atoms with Crippen LogP contribution in [-0.2, 0) is 6.54 Å². The SMILES string of the molecule is Cc1ccc(-c2c(=O)n(CCCCN3CCC(c4c[nH]c5ccc(F)cc45)CC3)c(=O)n3ccccc23)cc1. The summed E-state index contributed by atoms with van der Waals surface area (Å²) >= 11 is 0. The van der Waals surface area contributed by atoms with Gasteiger partial charge in [0.1, 0.15) is 5.82 Å². The van der Waals surface area contributed by atoms with E-state index in [0.717, 1.165) is 67.3 Å². The van der Waals surface area contributed by atoms with E-state index in [0.29, 0.717) is 23.5 Å². The van der Waals surface area contributed by atoms with Crippen LogP contribution >= 0.6 is 0 Å². The Morgan fingerprint density at radius 1 is 0.949 bits per heavy atom. The van der Waals surface area contributed by atoms with Crippen molar-refractivity contribution >= 4 is 16.4 Å². The molecule has 6 nitrogen and oxygen atoms in total. The molecule has 1 aliphatic rings. The zero-order valence-electron chi connectivity index (χ0n) is 22.2. The number of fused-ring (bicyclic) bond motifs is 2. The number of H-pyrrole nitrogens is 1. The van der Waals surface area contributed by atoms with Gasteiger partial charge in [0, 0.05) is 29.8 Å². The lowest BCUT2D eigenvalue weighted by Gasteiger charge is -2.32. The molecule has 0 unspecified atom stereocenters. The summed E-state index contributed by atoms with van der Waals surface area (Å²) in [6, 6.07) is 18.3. The number of aromatic nitrogens is 3. The van der Waals surface area contributed by atoms with Crippen LogP contribution in [0, 0.1) is 12.7 Å². The highest BCUT2D eigenvalue weighted by molar-refractivity contribution is 5.84. The number of piperidine rings is 1. The number of nitrogens with zero attached hydrogens (tertiary/aromatic N) is 3. The van der Waals surface area contributed by atoms with Gasteiger partial charge in [-0.3, -0.25) is 13.8 Å². The Morgan fingerprint density at radius 3 is 2.51 bits per heavy atom. The Labute approximate surface area is 226 Å². The van der Waals surface area contributed by atoms with E-state index in [1.54, 1.807) is 22.7 Å². The molecule has 1 aliphatic heterocycles. The second-order valence-electron chi connectivity index (χ2n) is 10.7. The Balaban J connectivity index is 1.11. The predicted octanol–water partition coefficient (Wildman–Crippen LogP) is 5.72. The first kappa shape index (κ1) is 25.3. The number of aryl methyl sites for hydroxylation is 1. The number of halogens is 1. The molecule has 0 aliphatic carbocycles. The Hall–Kier alpha value is -3.97. The maximum atomic E-state index is 13.8. The number of rotatable bonds is 7. The molecule has 2 aromatic carbocycles. The minimum atomic E-state index is -0.289. The molecule has 3 aromatic heterocycles. The van der Waals surface area contributed by atoms with Gasteiger partial charge in [-0.05, 0) is 99.6 Å². The largest absolute Gasteiger partial charge is 0.361 e. The Morgan fingerprint density at radius 2 is 1.72 bits per heavy atom. The van der Waals surface area contributed by atoms with Crippen molar-refractivity contribution in [1.82, 2.24) is 18.9 Å². The number of pyridine rings is 1. The van der Waals surface area contributed by atoms with E-state index in [1.807, 2.05) is 55.6 Å². The van der Waals surface area contributed by atoms with Gasteiger partial charge in [0.15, 0.2) is 0 Å². The summed E-state index contributed by atoms with van der Waals surface area (Å²) in [4.78, 5) is 32.5. The molecule has 0 saturated carbocycles. The minimum Gasteiger partial charge on any atom is -0.361 e. The number of unbranched alkanes of at least 4 members (excludes halogenated alkanes) is 1. The summed E-state index contributed by atoms with van der Waals surface area (Å²) in [7, 11) is 0. The number of hydrogen-bond acceptors (Lipinski definition) is 3. The molecule has 4 heterocycles. The molecule has 1 N–H and O–H groups in total. The summed E-state index contributed by atoms with van der Waals surface area (Å²) in [5, 5.41) is 0.991. The van der Waals surface area contributed by atoms with E-state index in [4.69, 9.17) is 0 Å². The van der Waals surface area contributed by atoms with Gasteiger partial charge < -0.3 is 9.88 Å². The van der Waals surface area contributed by atoms with Crippen molar-refractivity contribution in [2.75, 3.05) is 19.6 Å². The van der Waals surface area contributed by atoms with Gasteiger partial charge >= 0.3 is 5.69 Å². The molecule has 1 saturated heterocycles. The third-order valence-electron chi connectivity index (χ3n) is 8.16. The second-order valence-corrected chi connectivity index (χ2v) is 10.7. The highest BCUT2D eigenvalue weighted by Crippen LogP contribution is 2.33. The average Bonchev–Trinajstić information content (AvgIpc) is 3.37. The molecule has 0 radical (unpaired) electrons. The molecule has 6 rings (SSSR count). The van der Waals surface area contributed by atoms with Crippen LogP contribution in [0.25, 0.3) is 27.5 Å². The Bertz CT molecular complexity index is 1740. The van der Waals surface area contributed by atoms with E-state index < -0.39 is 0 Å². The van der Waals surface area contributed by atoms with Gasteiger partial charge in [0.25, 0.3) is 5.56 Å². The number of benzene rings is 2. The van der Waals surface area contributed by atoms with Crippen LogP contribution in [0.15, 0.2) is 82.6 Å². The van der Waals surface area contributed by atoms with E-state index >= 15 is 0 Å². The van der Waals surface area contributed by atoms with Crippen molar-refractivity contribution < 1.29 is 4.39 Å². The summed E-state index contributed by atoms with van der Waals surface area (Å²) in [5.74, 6) is 0.227. The smallest absolute Gasteiger partial charge is 0.335 e. The zero-order valence-corrected chi connectivity index (χ0v) is 22.2. The average molecular weight is 525 g/mol. The highest BCUT2D eigenvalue weighted by Gasteiger charge is 2.23. The van der Waals surface area contributed by atoms with Crippen LogP contribution in [0.3, 0.4) is 0 Å². The number of hydrogen-bond donors (Lipinski definition) is 1. The van der Waals surface area contributed by atoms with Crippen molar-refractivity contribution in [1.29, 1.82) is 0 Å². The van der Waals surface area contributed by atoms with Crippen LogP contribution in [-0.4, -0.2) is 38.5 Å². The van der Waals surface area contributed by atoms with E-state index in [2.05, 4.69) is 9.88 Å². The fraction of sp³-hybridized carbons (Fsp3) is 0.312. The lowest BCUT2D eigenvalue weighted by Crippen LogP contribution is -2.39. The lowest BCUT2D eigenvalue weighted by molar-refractivity contribution is 0.208. The van der Waals surface area contributed by atoms with Crippen molar-refractivity contribution in [2.24, 2.45) is 0 Å². The summed E-state index contributed by atoms with van der Waals surface area (Å²) in [5.41, 5.74) is 4.82. The molecular formula is C32H33FN4O2. The molecular weight excluding hydrogens is 491 g/mol. The first-order valence-electron chi connectivity index (χ1n) is 13.8. The molecule has 0 amide bonds. The second kappa shape index (κ2) is 10.7. The minimum absolute atomic E-state index is 0.197. The highest BCUT2D eigenvalue weighted by atomic mass is 19.1. The third kappa shape index (κ3) is 4.94. The van der Waals surface area contributed by atoms with Gasteiger partial charge in [0.2, 0.25) is 0 Å². The topological polar surface area (TPSA) is 62.5 Å². The number of nitrogens with one attached hydrogen (secondary N) is 1. The molecule has 0 atom stereocenters. The van der Waals surface area contributed by atoms with Crippen LogP contribution in [0.4, 0.5) is 4.39 Å². The lowest BCUT2D eigenvalue weighted by atomic mass is 9.89. The van der Waals surface area contributed by atoms with Gasteiger partial charge in [-0.15, -0.1) is 0 Å². The maximum absolute atomic E-state index is 13.8. The summed E-state index contributed by atoms with van der Waals surface area (Å²) in [6.45, 7) is 5.32. The van der Waals surface area contributed by atoms with Crippen molar-refractivity contribution in [2.45, 2.75) is 45.1 Å². The predicted molar refractivity (Wildman–Crippen MR) is 154 cm³/mol. The molecule has 200 valence electrons. The standard InChI is InChI=1S/C32H33FN4O2/c1-22-7-9-24(10-8-22)30-29-6-2-3-16-36(29)32(39)37(31(30)38)17-5-4-15-35-18-13-23(14-19-35)27-21-34-28-12-11-25(33)20-26(27)28/h2-3,6-12,16,20-21,23,34H,4-5,13-15,17-19H2,1H3. The summed E-state index contributed by atoms with van der Waals surface area (Å²) < 4.78 is 16.8. The number of likely N-dealkylation sites (tertiary alicyclic amines) is 1. The Kier molecular flexibility index (Phi) is 6.92. The van der Waals surface area contributed by atoms with Crippen LogP contribution < -0.4 is 11.2 Å². The van der Waals surface area contributed by atoms with E-state index in [-0.39, 0.29) is 17.1 Å². The fourth-order valence-corrected chi connectivity index (χ4v) is 5.99. The first-order chi connectivity index (χ1) is 19.0. The third-order valence-corrected chi connectivity index (χ3v) is 8.16. The summed E-state index contributed by atoms with van der Waals surface area (Å²) in [6.07, 6.45) is 7.51. The quantitative estimate of drug-likeness (QED) is 0.277. The van der Waals surface area contributed by atoms with Gasteiger partial charge in [-0.25, -0.2) is 9.18 Å². The molecule has 0 bridgehead atoms. The molecule has 0 spiro atoms. The van der Waals surface area contributed by atoms with E-state index in [9.17, 15) is 14.0 Å². The normalized spacial score (nSPS) is 14.9. The maximum Gasteiger partial charge on any atom is 0.335 e. The monoisotopic (exact) mass is 524 g/mol. The van der Waals surface area contributed by atoms with Gasteiger partial charge in [-0.1, -0.05) is 35.9 Å². The van der Waals surface area contributed by atoms with Gasteiger partial charge in [-0.2, -0.15) is 0 Å². The van der Waals surface area contributed by atoms with Crippen molar-refractivity contribution in [3.05, 3.63) is 111 Å². The van der Waals surface area contributed by atoms with Crippen LogP contribution in [0.5, 0.6) is 0 Å². The van der Waals surface area contributed by atoms with Crippen LogP contribution in [0.1, 0.15) is 42.7 Å². The molecule has 5 aromatic rings. The van der Waals surface area contributed by atoms with E-state index in [1.165, 1.54) is 16.2 Å². The fourth-order valence-electron chi connectivity index (χ4n) is 5.99. The zero-order chi connectivity index (χ0) is 26.9. The van der Waals surface area contributed by atoms with Crippen molar-refractivity contribution in [3.8, 4) is 11.1 Å². The van der Waals surface area contributed by atoms with Crippen LogP contribution in [0.2, 0.25) is 0 Å². The molecule has 7 heteroatoms. The van der Waals surface area contributed by atoms with Crippen molar-refractivity contribution in [3.63, 3.8) is 0 Å². The molecule has 1 fully saturated rings. The number of aromatic amines is 1.